The molecule has 0 saturated heterocycles. The maximum atomic E-state index is 12.0. The fourth-order valence-electron chi connectivity index (χ4n) is 3.85. The van der Waals surface area contributed by atoms with Crippen LogP contribution in [-0.2, 0) is 20.7 Å². The van der Waals surface area contributed by atoms with E-state index in [2.05, 4.69) is 5.32 Å². The zero-order valence-corrected chi connectivity index (χ0v) is 17.7. The maximum absolute atomic E-state index is 12.0. The molecule has 158 valence electrons. The van der Waals surface area contributed by atoms with Crippen molar-refractivity contribution in [3.05, 3.63) is 30.0 Å². The zero-order chi connectivity index (χ0) is 21.0. The molecule has 1 saturated carbocycles. The smallest absolute Gasteiger partial charge is 0.407 e. The number of nitrogens with zero attached hydrogens (tertiary/aromatic N) is 2. The number of nitrogens with one attached hydrogen (secondary N) is 1. The van der Waals surface area contributed by atoms with E-state index in [9.17, 15) is 9.59 Å². The Bertz CT molecular complexity index is 861. The van der Waals surface area contributed by atoms with Gasteiger partial charge >= 0.3 is 12.1 Å². The average molecular weight is 402 g/mol. The molecule has 3 rings (SSSR count). The first kappa shape index (κ1) is 21.1. The molecule has 1 heterocycles. The van der Waals surface area contributed by atoms with Crippen LogP contribution in [0.15, 0.2) is 24.3 Å². The molecule has 1 aliphatic rings. The molecule has 0 unspecified atom stereocenters. The monoisotopic (exact) mass is 401 g/mol. The van der Waals surface area contributed by atoms with Crippen LogP contribution in [0.4, 0.5) is 4.79 Å². The standard InChI is InChI=1S/C22H31N3O4/c1-5-28-20(26)14-18-17-8-6-7-9-19(17)25(24-18)16-12-10-15(11-13-16)23-21(27)29-22(2,3)4/h6-9,15-16H,5,10-14H2,1-4H3,(H,23,27). The van der Waals surface area contributed by atoms with E-state index in [1.807, 2.05) is 49.7 Å². The van der Waals surface area contributed by atoms with Crippen molar-refractivity contribution in [1.82, 2.24) is 15.1 Å². The lowest BCUT2D eigenvalue weighted by Gasteiger charge is -2.30. The lowest BCUT2D eigenvalue weighted by molar-refractivity contribution is -0.142. The lowest BCUT2D eigenvalue weighted by Crippen LogP contribution is -2.41. The van der Waals surface area contributed by atoms with Crippen LogP contribution < -0.4 is 5.32 Å². The number of carbonyl (C=O) groups is 2. The summed E-state index contributed by atoms with van der Waals surface area (Å²) in [7, 11) is 0. The van der Waals surface area contributed by atoms with Gasteiger partial charge in [0.2, 0.25) is 0 Å². The summed E-state index contributed by atoms with van der Waals surface area (Å²) in [6, 6.07) is 8.36. The Morgan fingerprint density at radius 3 is 2.52 bits per heavy atom. The maximum Gasteiger partial charge on any atom is 0.407 e. The highest BCUT2D eigenvalue weighted by Crippen LogP contribution is 2.32. The Hall–Kier alpha value is -2.57. The van der Waals surface area contributed by atoms with Gasteiger partial charge in [-0.25, -0.2) is 4.79 Å². The zero-order valence-electron chi connectivity index (χ0n) is 17.7. The quantitative estimate of drug-likeness (QED) is 0.761. The van der Waals surface area contributed by atoms with Crippen molar-refractivity contribution in [1.29, 1.82) is 0 Å². The molecule has 1 amide bonds. The lowest BCUT2D eigenvalue weighted by atomic mass is 9.91. The van der Waals surface area contributed by atoms with Gasteiger partial charge in [-0.05, 0) is 59.4 Å². The molecule has 0 aliphatic heterocycles. The molecule has 0 radical (unpaired) electrons. The van der Waals surface area contributed by atoms with E-state index in [4.69, 9.17) is 14.6 Å². The van der Waals surface area contributed by atoms with E-state index in [0.29, 0.717) is 6.61 Å². The number of ether oxygens (including phenoxy) is 2. The Morgan fingerprint density at radius 2 is 1.86 bits per heavy atom. The highest BCUT2D eigenvalue weighted by atomic mass is 16.6. The third-order valence-electron chi connectivity index (χ3n) is 5.07. The summed E-state index contributed by atoms with van der Waals surface area (Å²) >= 11 is 0. The number of hydrogen-bond donors (Lipinski definition) is 1. The first-order chi connectivity index (χ1) is 13.8. The van der Waals surface area contributed by atoms with Gasteiger partial charge in [0.05, 0.1) is 30.3 Å². The molecule has 1 aliphatic carbocycles. The number of para-hydroxylation sites is 1. The SMILES string of the molecule is CCOC(=O)Cc1nn(C2CCC(NC(=O)OC(C)(C)C)CC2)c2ccccc12. The van der Waals surface area contributed by atoms with Crippen molar-refractivity contribution in [3.63, 3.8) is 0 Å². The molecule has 7 nitrogen and oxygen atoms in total. The van der Waals surface area contributed by atoms with Gasteiger partial charge in [-0.15, -0.1) is 0 Å². The predicted octanol–water partition coefficient (Wildman–Crippen LogP) is 4.15. The van der Waals surface area contributed by atoms with Gasteiger partial charge < -0.3 is 14.8 Å². The topological polar surface area (TPSA) is 82.5 Å². The van der Waals surface area contributed by atoms with Crippen LogP contribution in [0.3, 0.4) is 0 Å². The molecule has 29 heavy (non-hydrogen) atoms. The van der Waals surface area contributed by atoms with Crippen molar-refractivity contribution < 1.29 is 19.1 Å². The van der Waals surface area contributed by atoms with Crippen molar-refractivity contribution in [3.8, 4) is 0 Å². The van der Waals surface area contributed by atoms with Gasteiger partial charge in [-0.1, -0.05) is 18.2 Å². The van der Waals surface area contributed by atoms with Crippen molar-refractivity contribution in [2.24, 2.45) is 0 Å². The van der Waals surface area contributed by atoms with E-state index < -0.39 is 5.60 Å². The molecule has 0 atom stereocenters. The first-order valence-electron chi connectivity index (χ1n) is 10.4. The molecule has 0 spiro atoms. The second-order valence-corrected chi connectivity index (χ2v) is 8.54. The van der Waals surface area contributed by atoms with Crippen LogP contribution in [0.25, 0.3) is 10.9 Å². The van der Waals surface area contributed by atoms with Gasteiger partial charge in [0, 0.05) is 11.4 Å². The van der Waals surface area contributed by atoms with E-state index in [1.165, 1.54) is 0 Å². The molecule has 1 aromatic carbocycles. The number of hydrogen-bond acceptors (Lipinski definition) is 5. The van der Waals surface area contributed by atoms with Crippen molar-refractivity contribution in [2.45, 2.75) is 77.5 Å². The number of aromatic nitrogens is 2. The van der Waals surface area contributed by atoms with E-state index in [-0.39, 0.29) is 30.6 Å². The van der Waals surface area contributed by atoms with Gasteiger partial charge in [0.15, 0.2) is 0 Å². The number of carbonyl (C=O) groups excluding carboxylic acids is 2. The number of fused-ring (bicyclic) bond motifs is 1. The first-order valence-corrected chi connectivity index (χ1v) is 10.4. The van der Waals surface area contributed by atoms with Gasteiger partial charge in [-0.3, -0.25) is 9.48 Å². The van der Waals surface area contributed by atoms with Gasteiger partial charge in [0.1, 0.15) is 5.60 Å². The second-order valence-electron chi connectivity index (χ2n) is 8.54. The Morgan fingerprint density at radius 1 is 1.17 bits per heavy atom. The van der Waals surface area contributed by atoms with Crippen LogP contribution >= 0.6 is 0 Å². The average Bonchev–Trinajstić information content (AvgIpc) is 3.00. The van der Waals surface area contributed by atoms with Gasteiger partial charge in [-0.2, -0.15) is 5.10 Å². The number of alkyl carbamates (subject to hydrolysis) is 1. The van der Waals surface area contributed by atoms with Crippen molar-refractivity contribution in [2.75, 3.05) is 6.61 Å². The Kier molecular flexibility index (Phi) is 6.45. The fraction of sp³-hybridized carbons (Fsp3) is 0.591. The predicted molar refractivity (Wildman–Crippen MR) is 111 cm³/mol. The highest BCUT2D eigenvalue weighted by molar-refractivity contribution is 5.86. The summed E-state index contributed by atoms with van der Waals surface area (Å²) in [5.74, 6) is -0.256. The van der Waals surface area contributed by atoms with Crippen molar-refractivity contribution >= 4 is 23.0 Å². The minimum atomic E-state index is -0.495. The minimum Gasteiger partial charge on any atom is -0.466 e. The normalized spacial score (nSPS) is 19.7. The van der Waals surface area contributed by atoms with Gasteiger partial charge in [0.25, 0.3) is 0 Å². The van der Waals surface area contributed by atoms with E-state index in [0.717, 1.165) is 42.3 Å². The second kappa shape index (κ2) is 8.84. The Balaban J connectivity index is 1.68. The number of amides is 1. The largest absolute Gasteiger partial charge is 0.466 e. The summed E-state index contributed by atoms with van der Waals surface area (Å²) in [5.41, 5.74) is 1.30. The Labute approximate surface area is 171 Å². The molecule has 1 fully saturated rings. The van der Waals surface area contributed by atoms with E-state index >= 15 is 0 Å². The summed E-state index contributed by atoms with van der Waals surface area (Å²) < 4.78 is 12.5. The summed E-state index contributed by atoms with van der Waals surface area (Å²) in [4.78, 5) is 24.0. The van der Waals surface area contributed by atoms with E-state index in [1.54, 1.807) is 6.92 Å². The summed E-state index contributed by atoms with van der Waals surface area (Å²) in [6.45, 7) is 7.76. The highest BCUT2D eigenvalue weighted by Gasteiger charge is 2.27. The molecule has 0 bridgehead atoms. The third-order valence-corrected chi connectivity index (χ3v) is 5.07. The van der Waals surface area contributed by atoms with Crippen LogP contribution in [0, 0.1) is 0 Å². The third kappa shape index (κ3) is 5.49. The number of benzene rings is 1. The number of rotatable bonds is 5. The molecular formula is C22H31N3O4. The molecule has 1 aromatic heterocycles. The fourth-order valence-corrected chi connectivity index (χ4v) is 3.85. The number of esters is 1. The molecule has 1 N–H and O–H groups in total. The van der Waals surface area contributed by atoms with Crippen LogP contribution in [-0.4, -0.2) is 40.1 Å². The minimum absolute atomic E-state index is 0.113. The van der Waals surface area contributed by atoms with Crippen LogP contribution in [0.1, 0.15) is 65.1 Å². The molecule has 7 heteroatoms. The molecular weight excluding hydrogens is 370 g/mol. The summed E-state index contributed by atoms with van der Waals surface area (Å²) in [5, 5.41) is 8.75. The van der Waals surface area contributed by atoms with Crippen LogP contribution in [0.2, 0.25) is 0 Å². The summed E-state index contributed by atoms with van der Waals surface area (Å²) in [6.07, 6.45) is 3.37. The van der Waals surface area contributed by atoms with Crippen LogP contribution in [0.5, 0.6) is 0 Å². The molecule has 2 aromatic rings.